The SMILES string of the molecule is C=CC(=O)O.C=CC(=O)O.C=CC(=O)O.C=CC(=O)O.O=C[C@H](O)[C@@H](O)[C@H](O)[C@H](O)CO. The van der Waals surface area contributed by atoms with Crippen LogP contribution in [0.1, 0.15) is 0 Å². The Morgan fingerprint density at radius 1 is 0.625 bits per heavy atom. The number of carbonyl (C=O) groups is 5. The fourth-order valence-corrected chi connectivity index (χ4v) is 0.618. The minimum absolute atomic E-state index is 0.0258. The Labute approximate surface area is 182 Å². The number of aliphatic hydroxyl groups excluding tert-OH is 5. The largest absolute Gasteiger partial charge is 0.478 e. The maximum absolute atomic E-state index is 9.90. The van der Waals surface area contributed by atoms with Crippen LogP contribution in [0.2, 0.25) is 0 Å². The molecule has 184 valence electrons. The number of hydrogen-bond acceptors (Lipinski definition) is 10. The molecule has 0 radical (unpaired) electrons. The van der Waals surface area contributed by atoms with E-state index in [0.29, 0.717) is 0 Å². The van der Waals surface area contributed by atoms with Gasteiger partial charge < -0.3 is 50.8 Å². The molecule has 0 fully saturated rings. The summed E-state index contributed by atoms with van der Waals surface area (Å²) in [5.74, 6) is -3.93. The van der Waals surface area contributed by atoms with E-state index in [1.54, 1.807) is 0 Å². The van der Waals surface area contributed by atoms with Crippen LogP contribution in [0.15, 0.2) is 50.6 Å². The van der Waals surface area contributed by atoms with Gasteiger partial charge in [-0.1, -0.05) is 26.3 Å². The molecule has 0 saturated carbocycles. The maximum Gasteiger partial charge on any atom is 0.327 e. The monoisotopic (exact) mass is 468 g/mol. The van der Waals surface area contributed by atoms with E-state index >= 15 is 0 Å². The lowest BCUT2D eigenvalue weighted by Gasteiger charge is -2.22. The number of rotatable bonds is 9. The van der Waals surface area contributed by atoms with Gasteiger partial charge in [0.05, 0.1) is 6.61 Å². The van der Waals surface area contributed by atoms with Crippen LogP contribution < -0.4 is 0 Å². The molecule has 0 heterocycles. The van der Waals surface area contributed by atoms with Crippen molar-refractivity contribution in [2.45, 2.75) is 24.4 Å². The second-order valence-electron chi connectivity index (χ2n) is 4.53. The van der Waals surface area contributed by atoms with Crippen molar-refractivity contribution in [1.82, 2.24) is 0 Å². The van der Waals surface area contributed by atoms with Gasteiger partial charge in [0.25, 0.3) is 0 Å². The van der Waals surface area contributed by atoms with Gasteiger partial charge in [-0.25, -0.2) is 19.2 Å². The van der Waals surface area contributed by atoms with Crippen LogP contribution in [0.4, 0.5) is 0 Å². The Bertz CT molecular complexity index is 526. The summed E-state index contributed by atoms with van der Waals surface area (Å²) in [6.45, 7) is 11.1. The van der Waals surface area contributed by atoms with Crippen LogP contribution >= 0.6 is 0 Å². The summed E-state index contributed by atoms with van der Waals surface area (Å²) < 4.78 is 0. The summed E-state index contributed by atoms with van der Waals surface area (Å²) >= 11 is 0. The van der Waals surface area contributed by atoms with Gasteiger partial charge in [-0.15, -0.1) is 0 Å². The average Bonchev–Trinajstić information content (AvgIpc) is 2.78. The number of hydrogen-bond donors (Lipinski definition) is 9. The van der Waals surface area contributed by atoms with Crippen molar-refractivity contribution >= 4 is 30.2 Å². The molecule has 14 nitrogen and oxygen atoms in total. The molecular weight excluding hydrogens is 440 g/mol. The van der Waals surface area contributed by atoms with Crippen LogP contribution in [0.5, 0.6) is 0 Å². The van der Waals surface area contributed by atoms with E-state index in [1.165, 1.54) is 0 Å². The molecular formula is C18H28O14. The molecule has 32 heavy (non-hydrogen) atoms. The Kier molecular flexibility index (Phi) is 33.2. The fourth-order valence-electron chi connectivity index (χ4n) is 0.618. The Hall–Kier alpha value is -3.69. The summed E-state index contributed by atoms with van der Waals surface area (Å²) in [7, 11) is 0. The number of carbonyl (C=O) groups excluding carboxylic acids is 1. The van der Waals surface area contributed by atoms with Crippen LogP contribution in [0.25, 0.3) is 0 Å². The minimum atomic E-state index is -1.79. The quantitative estimate of drug-likeness (QED) is 0.127. The summed E-state index contributed by atoms with van der Waals surface area (Å²) in [5.41, 5.74) is 0. The Morgan fingerprint density at radius 3 is 0.969 bits per heavy atom. The number of aldehydes is 1. The first-order valence-corrected chi connectivity index (χ1v) is 7.82. The molecule has 9 N–H and O–H groups in total. The smallest absolute Gasteiger partial charge is 0.327 e. The van der Waals surface area contributed by atoms with Gasteiger partial charge in [0.1, 0.15) is 24.4 Å². The first kappa shape index (κ1) is 38.9. The van der Waals surface area contributed by atoms with E-state index in [0.717, 1.165) is 24.3 Å². The van der Waals surface area contributed by atoms with Gasteiger partial charge >= 0.3 is 23.9 Å². The highest BCUT2D eigenvalue weighted by atomic mass is 16.4. The number of aliphatic carboxylic acids is 4. The predicted octanol–water partition coefficient (Wildman–Crippen LogP) is -2.35. The zero-order chi connectivity index (χ0) is 26.9. The third-order valence-electron chi connectivity index (χ3n) is 2.12. The zero-order valence-corrected chi connectivity index (χ0v) is 16.8. The van der Waals surface area contributed by atoms with Crippen molar-refractivity contribution in [3.63, 3.8) is 0 Å². The first-order valence-electron chi connectivity index (χ1n) is 7.82. The third-order valence-corrected chi connectivity index (χ3v) is 2.12. The highest BCUT2D eigenvalue weighted by molar-refractivity contribution is 5.79. The topological polar surface area (TPSA) is 267 Å². The van der Waals surface area contributed by atoms with Crippen LogP contribution in [-0.2, 0) is 24.0 Å². The van der Waals surface area contributed by atoms with Gasteiger partial charge in [0, 0.05) is 24.3 Å². The van der Waals surface area contributed by atoms with Gasteiger partial charge in [-0.2, -0.15) is 0 Å². The van der Waals surface area contributed by atoms with E-state index < -0.39 is 54.9 Å². The molecule has 4 atom stereocenters. The Balaban J connectivity index is -0.000000103. The molecule has 0 rings (SSSR count). The number of carboxylic acid groups (broad SMARTS) is 4. The van der Waals surface area contributed by atoms with Gasteiger partial charge in [0.2, 0.25) is 0 Å². The summed E-state index contributed by atoms with van der Waals surface area (Å²) in [4.78, 5) is 46.9. The molecule has 0 aliphatic rings. The van der Waals surface area contributed by atoms with Gasteiger partial charge in [0.15, 0.2) is 6.29 Å². The highest BCUT2D eigenvalue weighted by Gasteiger charge is 2.29. The number of aliphatic hydroxyl groups is 5. The maximum atomic E-state index is 9.90. The van der Waals surface area contributed by atoms with E-state index in [9.17, 15) is 24.0 Å². The normalized spacial score (nSPS) is 11.9. The standard InChI is InChI=1S/C6H12O6.4C3H4O2/c7-1-3(9)5(11)6(12)4(10)2-8;4*1-2-3(4)5/h1,3-6,8-12H,2H2;4*2H,1H2,(H,4,5)/t3-,4+,5+,6+;;;;/m0..../s1. The van der Waals surface area contributed by atoms with E-state index in [1.807, 2.05) is 0 Å². The molecule has 0 amide bonds. The Morgan fingerprint density at radius 2 is 0.844 bits per heavy atom. The molecule has 14 heteroatoms. The zero-order valence-electron chi connectivity index (χ0n) is 16.8. The van der Waals surface area contributed by atoms with Crippen LogP contribution in [0, 0.1) is 0 Å². The molecule has 0 bridgehead atoms. The fraction of sp³-hybridized carbons (Fsp3) is 0.278. The van der Waals surface area contributed by atoms with E-state index in [-0.39, 0.29) is 6.29 Å². The predicted molar refractivity (Wildman–Crippen MR) is 109 cm³/mol. The minimum Gasteiger partial charge on any atom is -0.478 e. The lowest BCUT2D eigenvalue weighted by molar-refractivity contribution is -0.136. The summed E-state index contributed by atoms with van der Waals surface area (Å²) in [5, 5.41) is 74.0. The summed E-state index contributed by atoms with van der Waals surface area (Å²) in [6.07, 6.45) is -3.51. The average molecular weight is 468 g/mol. The molecule has 0 saturated heterocycles. The van der Waals surface area contributed by atoms with Crippen molar-refractivity contribution in [1.29, 1.82) is 0 Å². The molecule has 0 aliphatic carbocycles. The molecule has 0 aromatic rings. The van der Waals surface area contributed by atoms with Crippen molar-refractivity contribution in [2.24, 2.45) is 0 Å². The molecule has 0 aliphatic heterocycles. The molecule has 0 unspecified atom stereocenters. The second-order valence-corrected chi connectivity index (χ2v) is 4.53. The second kappa shape index (κ2) is 27.3. The summed E-state index contributed by atoms with van der Waals surface area (Å²) in [6, 6.07) is 0. The van der Waals surface area contributed by atoms with Crippen LogP contribution in [-0.4, -0.2) is 107 Å². The van der Waals surface area contributed by atoms with Crippen molar-refractivity contribution < 1.29 is 69.9 Å². The first-order chi connectivity index (χ1) is 14.6. The van der Waals surface area contributed by atoms with Gasteiger partial charge in [-0.3, -0.25) is 0 Å². The molecule has 0 aromatic carbocycles. The van der Waals surface area contributed by atoms with Crippen molar-refractivity contribution in [3.05, 3.63) is 50.6 Å². The molecule has 0 spiro atoms. The van der Waals surface area contributed by atoms with Gasteiger partial charge in [-0.05, 0) is 0 Å². The lowest BCUT2D eigenvalue weighted by Crippen LogP contribution is -2.46. The van der Waals surface area contributed by atoms with E-state index in [2.05, 4.69) is 26.3 Å². The highest BCUT2D eigenvalue weighted by Crippen LogP contribution is 2.02. The third kappa shape index (κ3) is 40.9. The molecule has 0 aromatic heterocycles. The van der Waals surface area contributed by atoms with Crippen molar-refractivity contribution in [2.75, 3.05) is 6.61 Å². The van der Waals surface area contributed by atoms with Crippen molar-refractivity contribution in [3.8, 4) is 0 Å². The van der Waals surface area contributed by atoms with Crippen LogP contribution in [0.3, 0.4) is 0 Å². The lowest BCUT2D eigenvalue weighted by atomic mass is 10.0. The number of carboxylic acids is 4. The van der Waals surface area contributed by atoms with E-state index in [4.69, 9.17) is 46.0 Å².